The molecule has 0 radical (unpaired) electrons. The van der Waals surface area contributed by atoms with Gasteiger partial charge in [-0.2, -0.15) is 0 Å². The summed E-state index contributed by atoms with van der Waals surface area (Å²) < 4.78 is 10.3. The lowest BCUT2D eigenvalue weighted by Crippen LogP contribution is -2.44. The molecule has 1 unspecified atom stereocenters. The molecular weight excluding hydrogens is 372 g/mol. The van der Waals surface area contributed by atoms with Crippen LogP contribution in [0, 0.1) is 0 Å². The Balaban J connectivity index is 1.68. The van der Waals surface area contributed by atoms with Gasteiger partial charge in [0.1, 0.15) is 12.6 Å². The molecule has 2 aromatic heterocycles. The van der Waals surface area contributed by atoms with Gasteiger partial charge in [-0.05, 0) is 17.7 Å². The van der Waals surface area contributed by atoms with E-state index in [2.05, 4.69) is 20.6 Å². The number of hydrogen-bond acceptors (Lipinski definition) is 5. The monoisotopic (exact) mass is 396 g/mol. The fraction of sp³-hybridized carbons (Fsp3) is 0.286. The highest BCUT2D eigenvalue weighted by Gasteiger charge is 2.21. The number of amides is 2. The first-order valence-electron chi connectivity index (χ1n) is 9.27. The third-order valence-corrected chi connectivity index (χ3v) is 4.33. The molecule has 2 amide bonds. The average molecular weight is 396 g/mol. The molecule has 1 atom stereocenters. The maximum Gasteiger partial charge on any atom is 0.247 e. The van der Waals surface area contributed by atoms with Crippen LogP contribution in [0.1, 0.15) is 12.5 Å². The normalized spacial score (nSPS) is 11.8. The van der Waals surface area contributed by atoms with Gasteiger partial charge < -0.3 is 25.1 Å². The Kier molecular flexibility index (Phi) is 6.80. The number of hydrogen-bond donors (Lipinski definition) is 3. The molecule has 152 valence electrons. The first-order valence-corrected chi connectivity index (χ1v) is 9.27. The Morgan fingerprint density at radius 1 is 1.17 bits per heavy atom. The first kappa shape index (κ1) is 20.3. The number of benzene rings is 1. The minimum Gasteiger partial charge on any atom is -0.475 e. The molecular formula is C21H24N4O4. The topological polar surface area (TPSA) is 105 Å². The number of aromatic amines is 1. The van der Waals surface area contributed by atoms with Gasteiger partial charge in [-0.1, -0.05) is 18.2 Å². The number of H-pyrrole nitrogens is 1. The SMILES string of the molecule is COCCOc1ccc(NC(=O)C(Cc2c[nH]c3ccccc23)NC(C)=O)cn1. The molecule has 8 heteroatoms. The maximum atomic E-state index is 12.8. The number of pyridine rings is 1. The Bertz CT molecular complexity index is 968. The summed E-state index contributed by atoms with van der Waals surface area (Å²) in [6.45, 7) is 2.25. The summed E-state index contributed by atoms with van der Waals surface area (Å²) in [4.78, 5) is 31.8. The van der Waals surface area contributed by atoms with Crippen molar-refractivity contribution in [2.75, 3.05) is 25.6 Å². The van der Waals surface area contributed by atoms with Crippen molar-refractivity contribution < 1.29 is 19.1 Å². The van der Waals surface area contributed by atoms with Gasteiger partial charge in [0.2, 0.25) is 17.7 Å². The highest BCUT2D eigenvalue weighted by atomic mass is 16.5. The number of nitrogens with one attached hydrogen (secondary N) is 3. The van der Waals surface area contributed by atoms with Gasteiger partial charge >= 0.3 is 0 Å². The summed E-state index contributed by atoms with van der Waals surface area (Å²) in [7, 11) is 1.59. The van der Waals surface area contributed by atoms with Crippen molar-refractivity contribution in [1.82, 2.24) is 15.3 Å². The summed E-state index contributed by atoms with van der Waals surface area (Å²) in [5.41, 5.74) is 2.45. The summed E-state index contributed by atoms with van der Waals surface area (Å²) in [5, 5.41) is 6.54. The summed E-state index contributed by atoms with van der Waals surface area (Å²) in [6, 6.07) is 10.5. The van der Waals surface area contributed by atoms with Crippen LogP contribution in [0.5, 0.6) is 5.88 Å². The quantitative estimate of drug-likeness (QED) is 0.481. The molecule has 0 saturated heterocycles. The van der Waals surface area contributed by atoms with E-state index in [1.54, 1.807) is 19.2 Å². The lowest BCUT2D eigenvalue weighted by Gasteiger charge is -2.17. The molecule has 3 aromatic rings. The van der Waals surface area contributed by atoms with Crippen LogP contribution in [0.15, 0.2) is 48.8 Å². The molecule has 8 nitrogen and oxygen atoms in total. The smallest absolute Gasteiger partial charge is 0.247 e. The van der Waals surface area contributed by atoms with Crippen molar-refractivity contribution in [1.29, 1.82) is 0 Å². The zero-order valence-corrected chi connectivity index (χ0v) is 16.4. The number of para-hydroxylation sites is 1. The standard InChI is InChI=1S/C21H24N4O4/c1-14(26)24-19(11-15-12-22-18-6-4-3-5-17(15)18)21(27)25-16-7-8-20(23-13-16)29-10-9-28-2/h3-8,12-13,19,22H,9-11H2,1-2H3,(H,24,26)(H,25,27). The molecule has 0 fully saturated rings. The largest absolute Gasteiger partial charge is 0.475 e. The van der Waals surface area contributed by atoms with Gasteiger partial charge in [0, 0.05) is 43.6 Å². The van der Waals surface area contributed by atoms with Gasteiger partial charge in [-0.25, -0.2) is 4.98 Å². The zero-order valence-electron chi connectivity index (χ0n) is 16.4. The Morgan fingerprint density at radius 3 is 2.72 bits per heavy atom. The molecule has 0 aliphatic heterocycles. The van der Waals surface area contributed by atoms with Crippen LogP contribution in [-0.4, -0.2) is 48.1 Å². The van der Waals surface area contributed by atoms with Crippen LogP contribution in [0.4, 0.5) is 5.69 Å². The second-order valence-electron chi connectivity index (χ2n) is 6.53. The number of carbonyl (C=O) groups is 2. The number of methoxy groups -OCH3 is 1. The van der Waals surface area contributed by atoms with Crippen molar-refractivity contribution in [2.45, 2.75) is 19.4 Å². The van der Waals surface area contributed by atoms with E-state index >= 15 is 0 Å². The maximum absolute atomic E-state index is 12.8. The fourth-order valence-electron chi connectivity index (χ4n) is 2.97. The van der Waals surface area contributed by atoms with E-state index in [4.69, 9.17) is 9.47 Å². The Morgan fingerprint density at radius 2 is 2.00 bits per heavy atom. The molecule has 0 aliphatic rings. The molecule has 29 heavy (non-hydrogen) atoms. The van der Waals surface area contributed by atoms with Crippen molar-refractivity contribution in [3.05, 3.63) is 54.4 Å². The second-order valence-corrected chi connectivity index (χ2v) is 6.53. The van der Waals surface area contributed by atoms with Gasteiger partial charge in [-0.3, -0.25) is 9.59 Å². The van der Waals surface area contributed by atoms with Crippen LogP contribution < -0.4 is 15.4 Å². The minimum atomic E-state index is -0.718. The average Bonchev–Trinajstić information content (AvgIpc) is 3.12. The van der Waals surface area contributed by atoms with Crippen molar-refractivity contribution >= 4 is 28.4 Å². The number of nitrogens with zero attached hydrogens (tertiary/aromatic N) is 1. The number of ether oxygens (including phenoxy) is 2. The summed E-state index contributed by atoms with van der Waals surface area (Å²) >= 11 is 0. The van der Waals surface area contributed by atoms with E-state index in [1.165, 1.54) is 13.1 Å². The van der Waals surface area contributed by atoms with E-state index in [-0.39, 0.29) is 11.8 Å². The molecule has 1 aromatic carbocycles. The molecule has 2 heterocycles. The van der Waals surface area contributed by atoms with Crippen LogP contribution in [0.2, 0.25) is 0 Å². The van der Waals surface area contributed by atoms with Crippen LogP contribution in [0.3, 0.4) is 0 Å². The lowest BCUT2D eigenvalue weighted by molar-refractivity contribution is -0.125. The number of fused-ring (bicyclic) bond motifs is 1. The highest BCUT2D eigenvalue weighted by molar-refractivity contribution is 5.97. The number of anilines is 1. The molecule has 3 rings (SSSR count). The van der Waals surface area contributed by atoms with E-state index in [9.17, 15) is 9.59 Å². The first-order chi connectivity index (χ1) is 14.1. The van der Waals surface area contributed by atoms with E-state index < -0.39 is 6.04 Å². The lowest BCUT2D eigenvalue weighted by atomic mass is 10.0. The summed E-state index contributed by atoms with van der Waals surface area (Å²) in [6.07, 6.45) is 3.73. The van der Waals surface area contributed by atoms with E-state index in [0.29, 0.717) is 31.2 Å². The Labute approximate surface area is 168 Å². The van der Waals surface area contributed by atoms with Gasteiger partial charge in [0.15, 0.2) is 0 Å². The van der Waals surface area contributed by atoms with Gasteiger partial charge in [0.25, 0.3) is 0 Å². The number of rotatable bonds is 9. The molecule has 0 spiro atoms. The number of aromatic nitrogens is 2. The molecule has 3 N–H and O–H groups in total. The predicted molar refractivity (Wildman–Crippen MR) is 110 cm³/mol. The van der Waals surface area contributed by atoms with Gasteiger partial charge in [0.05, 0.1) is 18.5 Å². The van der Waals surface area contributed by atoms with Crippen LogP contribution >= 0.6 is 0 Å². The van der Waals surface area contributed by atoms with Crippen molar-refractivity contribution in [2.24, 2.45) is 0 Å². The predicted octanol–water partition coefficient (Wildman–Crippen LogP) is 2.27. The van der Waals surface area contributed by atoms with Crippen LogP contribution in [-0.2, 0) is 20.7 Å². The van der Waals surface area contributed by atoms with E-state index in [1.807, 2.05) is 30.5 Å². The van der Waals surface area contributed by atoms with Crippen LogP contribution in [0.25, 0.3) is 10.9 Å². The molecule has 0 saturated carbocycles. The second kappa shape index (κ2) is 9.70. The van der Waals surface area contributed by atoms with Gasteiger partial charge in [-0.15, -0.1) is 0 Å². The number of carbonyl (C=O) groups excluding carboxylic acids is 2. The fourth-order valence-corrected chi connectivity index (χ4v) is 2.97. The molecule has 0 bridgehead atoms. The molecule has 0 aliphatic carbocycles. The third-order valence-electron chi connectivity index (χ3n) is 4.33. The minimum absolute atomic E-state index is 0.273. The van der Waals surface area contributed by atoms with Crippen molar-refractivity contribution in [3.8, 4) is 5.88 Å². The zero-order chi connectivity index (χ0) is 20.6. The van der Waals surface area contributed by atoms with Crippen molar-refractivity contribution in [3.63, 3.8) is 0 Å². The summed E-state index contributed by atoms with van der Waals surface area (Å²) in [5.74, 6) is -0.150. The Hall–Kier alpha value is -3.39. The highest BCUT2D eigenvalue weighted by Crippen LogP contribution is 2.20. The third kappa shape index (κ3) is 5.55. The van der Waals surface area contributed by atoms with E-state index in [0.717, 1.165) is 16.5 Å².